The van der Waals surface area contributed by atoms with Crippen LogP contribution in [-0.4, -0.2) is 22.6 Å². The van der Waals surface area contributed by atoms with E-state index in [1.807, 2.05) is 12.1 Å². The van der Waals surface area contributed by atoms with Crippen molar-refractivity contribution in [3.05, 3.63) is 53.2 Å². The summed E-state index contributed by atoms with van der Waals surface area (Å²) in [6, 6.07) is 12.0. The predicted octanol–water partition coefficient (Wildman–Crippen LogP) is 2.57. The highest BCUT2D eigenvalue weighted by atomic mass is 16.4. The number of benzene rings is 1. The van der Waals surface area contributed by atoms with E-state index in [0.717, 1.165) is 25.2 Å². The molecule has 0 atom stereocenters. The molecule has 0 saturated heterocycles. The normalized spacial score (nSPS) is 14.9. The maximum Gasteiger partial charge on any atom is 0.188 e. The second-order valence-electron chi connectivity index (χ2n) is 5.25. The molecule has 2 aromatic rings. The number of rotatable bonds is 2. The van der Waals surface area contributed by atoms with Crippen LogP contribution < -0.4 is 10.6 Å². The molecular weight excluding hydrogens is 264 g/mol. The number of aromatic nitrogens is 1. The van der Waals surface area contributed by atoms with Gasteiger partial charge in [0.05, 0.1) is 0 Å². The van der Waals surface area contributed by atoms with Crippen LogP contribution in [0.1, 0.15) is 23.2 Å². The molecule has 0 unspecified atom stereocenters. The summed E-state index contributed by atoms with van der Waals surface area (Å²) >= 11 is 0. The van der Waals surface area contributed by atoms with Gasteiger partial charge in [-0.15, -0.1) is 0 Å². The monoisotopic (exact) mass is 282 g/mol. The van der Waals surface area contributed by atoms with E-state index in [1.54, 1.807) is 6.07 Å². The SMILES string of the molecule is Cc1ccc2c(c1)CCCN2c1cccc(C(N)=NO)n1. The molecule has 108 valence electrons. The number of pyridine rings is 1. The Morgan fingerprint density at radius 3 is 3.00 bits per heavy atom. The van der Waals surface area contributed by atoms with Gasteiger partial charge >= 0.3 is 0 Å². The maximum atomic E-state index is 8.79. The largest absolute Gasteiger partial charge is 0.409 e. The third kappa shape index (κ3) is 2.54. The van der Waals surface area contributed by atoms with Crippen LogP contribution in [0.3, 0.4) is 0 Å². The Morgan fingerprint density at radius 2 is 2.19 bits per heavy atom. The van der Waals surface area contributed by atoms with E-state index in [2.05, 4.69) is 40.2 Å². The molecule has 0 radical (unpaired) electrons. The summed E-state index contributed by atoms with van der Waals surface area (Å²) in [6.45, 7) is 3.03. The minimum absolute atomic E-state index is 0.0259. The lowest BCUT2D eigenvalue weighted by Gasteiger charge is -2.30. The van der Waals surface area contributed by atoms with Crippen molar-refractivity contribution in [3.8, 4) is 0 Å². The maximum absolute atomic E-state index is 8.79. The number of hydrogen-bond donors (Lipinski definition) is 2. The smallest absolute Gasteiger partial charge is 0.188 e. The molecule has 21 heavy (non-hydrogen) atoms. The first-order valence-electron chi connectivity index (χ1n) is 7.01. The summed E-state index contributed by atoms with van der Waals surface area (Å²) in [5.74, 6) is 0.849. The van der Waals surface area contributed by atoms with Gasteiger partial charge in [-0.1, -0.05) is 28.9 Å². The number of oxime groups is 1. The van der Waals surface area contributed by atoms with Crippen LogP contribution >= 0.6 is 0 Å². The minimum Gasteiger partial charge on any atom is -0.409 e. The van der Waals surface area contributed by atoms with E-state index >= 15 is 0 Å². The van der Waals surface area contributed by atoms with Crippen LogP contribution in [-0.2, 0) is 6.42 Å². The molecule has 1 aromatic carbocycles. The first kappa shape index (κ1) is 13.4. The molecule has 0 bridgehead atoms. The second kappa shape index (κ2) is 5.44. The Balaban J connectivity index is 2.03. The Morgan fingerprint density at radius 1 is 1.33 bits per heavy atom. The van der Waals surface area contributed by atoms with Gasteiger partial charge in [-0.2, -0.15) is 0 Å². The van der Waals surface area contributed by atoms with Gasteiger partial charge in [-0.3, -0.25) is 0 Å². The molecule has 0 fully saturated rings. The lowest BCUT2D eigenvalue weighted by molar-refractivity contribution is 0.318. The molecule has 3 N–H and O–H groups in total. The molecule has 1 aliphatic heterocycles. The number of nitrogens with zero attached hydrogens (tertiary/aromatic N) is 3. The van der Waals surface area contributed by atoms with Gasteiger partial charge in [0.15, 0.2) is 5.84 Å². The summed E-state index contributed by atoms with van der Waals surface area (Å²) in [6.07, 6.45) is 2.18. The molecule has 0 aliphatic carbocycles. The molecule has 5 nitrogen and oxygen atoms in total. The zero-order valence-electron chi connectivity index (χ0n) is 12.0. The van der Waals surface area contributed by atoms with Crippen molar-refractivity contribution < 1.29 is 5.21 Å². The summed E-state index contributed by atoms with van der Waals surface area (Å²) < 4.78 is 0. The lowest BCUT2D eigenvalue weighted by atomic mass is 9.99. The number of hydrogen-bond acceptors (Lipinski definition) is 4. The van der Waals surface area contributed by atoms with Crippen LogP contribution in [0.5, 0.6) is 0 Å². The Hall–Kier alpha value is -2.56. The van der Waals surface area contributed by atoms with E-state index in [4.69, 9.17) is 10.9 Å². The van der Waals surface area contributed by atoms with Gasteiger partial charge in [0.1, 0.15) is 11.5 Å². The highest BCUT2D eigenvalue weighted by Gasteiger charge is 2.19. The van der Waals surface area contributed by atoms with Crippen LogP contribution in [0.4, 0.5) is 11.5 Å². The molecular formula is C16H18N4O. The van der Waals surface area contributed by atoms with E-state index in [9.17, 15) is 0 Å². The third-order valence-electron chi connectivity index (χ3n) is 3.73. The topological polar surface area (TPSA) is 74.7 Å². The average Bonchev–Trinajstić information content (AvgIpc) is 2.53. The second-order valence-corrected chi connectivity index (χ2v) is 5.25. The number of nitrogens with two attached hydrogens (primary N) is 1. The first-order valence-corrected chi connectivity index (χ1v) is 7.01. The summed E-state index contributed by atoms with van der Waals surface area (Å²) in [5, 5.41) is 11.8. The van der Waals surface area contributed by atoms with E-state index in [1.165, 1.54) is 16.8 Å². The van der Waals surface area contributed by atoms with Crippen molar-refractivity contribution in [2.75, 3.05) is 11.4 Å². The van der Waals surface area contributed by atoms with Crippen molar-refractivity contribution in [2.24, 2.45) is 10.9 Å². The van der Waals surface area contributed by atoms with Gasteiger partial charge in [0.2, 0.25) is 0 Å². The van der Waals surface area contributed by atoms with Crippen molar-refractivity contribution in [1.82, 2.24) is 4.98 Å². The average molecular weight is 282 g/mol. The van der Waals surface area contributed by atoms with Crippen molar-refractivity contribution >= 4 is 17.3 Å². The molecule has 3 rings (SSSR count). The minimum atomic E-state index is 0.0259. The van der Waals surface area contributed by atoms with Crippen LogP contribution in [0.2, 0.25) is 0 Å². The van der Waals surface area contributed by atoms with E-state index in [-0.39, 0.29) is 5.84 Å². The fourth-order valence-electron chi connectivity index (χ4n) is 2.73. The number of fused-ring (bicyclic) bond motifs is 1. The van der Waals surface area contributed by atoms with Gasteiger partial charge < -0.3 is 15.8 Å². The van der Waals surface area contributed by atoms with Crippen LogP contribution in [0.15, 0.2) is 41.6 Å². The fraction of sp³-hybridized carbons (Fsp3) is 0.250. The van der Waals surface area contributed by atoms with Gasteiger partial charge in [-0.05, 0) is 43.5 Å². The molecule has 0 spiro atoms. The standard InChI is InChI=1S/C16H18N4O/c1-11-7-8-14-12(10-11)4-3-9-20(14)15-6-2-5-13(18-15)16(17)19-21/h2,5-8,10,21H,3-4,9H2,1H3,(H2,17,19). The Labute approximate surface area is 123 Å². The van der Waals surface area contributed by atoms with Gasteiger partial charge in [-0.25, -0.2) is 4.98 Å². The zero-order chi connectivity index (χ0) is 14.8. The summed E-state index contributed by atoms with van der Waals surface area (Å²) in [5.41, 5.74) is 9.91. The molecule has 2 heterocycles. The third-order valence-corrected chi connectivity index (χ3v) is 3.73. The Bertz CT molecular complexity index is 696. The number of anilines is 2. The van der Waals surface area contributed by atoms with Crippen LogP contribution in [0, 0.1) is 6.92 Å². The number of aryl methyl sites for hydroxylation is 2. The van der Waals surface area contributed by atoms with Gasteiger partial charge in [0, 0.05) is 12.2 Å². The quantitative estimate of drug-likeness (QED) is 0.384. The number of amidine groups is 1. The molecule has 1 aliphatic rings. The molecule has 1 aromatic heterocycles. The molecule has 5 heteroatoms. The molecule has 0 amide bonds. The highest BCUT2D eigenvalue weighted by Crippen LogP contribution is 2.32. The van der Waals surface area contributed by atoms with Crippen molar-refractivity contribution in [1.29, 1.82) is 0 Å². The van der Waals surface area contributed by atoms with E-state index < -0.39 is 0 Å². The van der Waals surface area contributed by atoms with Crippen molar-refractivity contribution in [2.45, 2.75) is 19.8 Å². The van der Waals surface area contributed by atoms with Gasteiger partial charge in [0.25, 0.3) is 0 Å². The Kier molecular flexibility index (Phi) is 3.48. The van der Waals surface area contributed by atoms with Crippen molar-refractivity contribution in [3.63, 3.8) is 0 Å². The highest BCUT2D eigenvalue weighted by molar-refractivity contribution is 5.95. The zero-order valence-corrected chi connectivity index (χ0v) is 12.0. The summed E-state index contributed by atoms with van der Waals surface area (Å²) in [7, 11) is 0. The summed E-state index contributed by atoms with van der Waals surface area (Å²) in [4.78, 5) is 6.69. The van der Waals surface area contributed by atoms with E-state index in [0.29, 0.717) is 5.69 Å². The van der Waals surface area contributed by atoms with Crippen LogP contribution in [0.25, 0.3) is 0 Å². The first-order chi connectivity index (χ1) is 10.2. The fourth-order valence-corrected chi connectivity index (χ4v) is 2.73. The molecule has 0 saturated carbocycles. The lowest BCUT2D eigenvalue weighted by Crippen LogP contribution is -2.26. The predicted molar refractivity (Wildman–Crippen MR) is 83.3 cm³/mol.